The molecule has 0 fully saturated rings. The van der Waals surface area contributed by atoms with E-state index in [0.717, 1.165) is 25.8 Å². The van der Waals surface area contributed by atoms with Gasteiger partial charge in [0.2, 0.25) is 10.0 Å². The van der Waals surface area contributed by atoms with Crippen LogP contribution in [0.4, 0.5) is 0 Å². The molecule has 3 N–H and O–H groups in total. The highest BCUT2D eigenvalue weighted by Gasteiger charge is 2.33. The summed E-state index contributed by atoms with van der Waals surface area (Å²) in [7, 11) is -3.59. The van der Waals surface area contributed by atoms with Gasteiger partial charge >= 0.3 is 0 Å². The first-order chi connectivity index (χ1) is 9.85. The molecule has 0 aromatic carbocycles. The van der Waals surface area contributed by atoms with Gasteiger partial charge in [-0.2, -0.15) is 5.10 Å². The molecule has 0 amide bonds. The number of rotatable bonds is 9. The molecular formula is C14H28N4O2S. The summed E-state index contributed by atoms with van der Waals surface area (Å²) in [6.45, 7) is 11.0. The maximum absolute atomic E-state index is 12.8. The molecular weight excluding hydrogens is 288 g/mol. The topological polar surface area (TPSA) is 86.9 Å². The number of sulfonamides is 1. The molecule has 0 aliphatic rings. The molecule has 1 aromatic rings. The quantitative estimate of drug-likeness (QED) is 0.651. The van der Waals surface area contributed by atoms with E-state index in [1.807, 2.05) is 27.7 Å². The Balaban J connectivity index is 3.16. The molecule has 0 saturated carbocycles. The highest BCUT2D eigenvalue weighted by Crippen LogP contribution is 2.25. The predicted octanol–water partition coefficient (Wildman–Crippen LogP) is 2.07. The smallest absolute Gasteiger partial charge is 0.244 e. The summed E-state index contributed by atoms with van der Waals surface area (Å²) in [5.74, 6) is 0. The minimum atomic E-state index is -3.59. The summed E-state index contributed by atoms with van der Waals surface area (Å²) in [5, 5.41) is 10.0. The Labute approximate surface area is 128 Å². The van der Waals surface area contributed by atoms with E-state index < -0.39 is 15.6 Å². The molecule has 1 aromatic heterocycles. The zero-order chi connectivity index (χ0) is 16.1. The van der Waals surface area contributed by atoms with Crippen LogP contribution in [0.3, 0.4) is 0 Å². The van der Waals surface area contributed by atoms with Crippen LogP contribution in [0.15, 0.2) is 4.90 Å². The van der Waals surface area contributed by atoms with E-state index in [4.69, 9.17) is 0 Å². The Bertz CT molecular complexity index is 539. The number of nitrogens with one attached hydrogen (secondary N) is 3. The molecule has 7 heteroatoms. The lowest BCUT2D eigenvalue weighted by molar-refractivity contribution is 0.341. The molecule has 0 unspecified atom stereocenters. The summed E-state index contributed by atoms with van der Waals surface area (Å²) in [6, 6.07) is 0. The number of aromatic amines is 1. The van der Waals surface area contributed by atoms with Crippen LogP contribution in [0.2, 0.25) is 0 Å². The Hall–Kier alpha value is -0.920. The van der Waals surface area contributed by atoms with Crippen LogP contribution in [0, 0.1) is 6.92 Å². The van der Waals surface area contributed by atoms with Crippen LogP contribution >= 0.6 is 0 Å². The van der Waals surface area contributed by atoms with E-state index in [9.17, 15) is 8.42 Å². The van der Waals surface area contributed by atoms with E-state index >= 15 is 0 Å². The number of H-pyrrole nitrogens is 1. The van der Waals surface area contributed by atoms with E-state index in [1.165, 1.54) is 0 Å². The molecule has 21 heavy (non-hydrogen) atoms. The summed E-state index contributed by atoms with van der Waals surface area (Å²) < 4.78 is 28.5. The van der Waals surface area contributed by atoms with Crippen molar-refractivity contribution in [3.8, 4) is 0 Å². The van der Waals surface area contributed by atoms with E-state index in [0.29, 0.717) is 17.9 Å². The lowest BCUT2D eigenvalue weighted by Crippen LogP contribution is -2.47. The van der Waals surface area contributed by atoms with Crippen LogP contribution in [0.1, 0.15) is 58.3 Å². The van der Waals surface area contributed by atoms with Crippen molar-refractivity contribution in [1.29, 1.82) is 0 Å². The van der Waals surface area contributed by atoms with Crippen molar-refractivity contribution < 1.29 is 8.42 Å². The number of aryl methyl sites for hydroxylation is 1. The summed E-state index contributed by atoms with van der Waals surface area (Å²) in [5.41, 5.74) is 0.726. The second-order valence-electron chi connectivity index (χ2n) is 5.35. The van der Waals surface area contributed by atoms with Crippen LogP contribution in [-0.4, -0.2) is 30.7 Å². The van der Waals surface area contributed by atoms with Gasteiger partial charge in [0, 0.05) is 12.1 Å². The molecule has 6 nitrogen and oxygen atoms in total. The number of nitrogens with zero attached hydrogens (tertiary/aromatic N) is 1. The van der Waals surface area contributed by atoms with E-state index in [-0.39, 0.29) is 4.90 Å². The maximum atomic E-state index is 12.8. The number of aromatic nitrogens is 2. The van der Waals surface area contributed by atoms with Gasteiger partial charge in [0.15, 0.2) is 0 Å². The van der Waals surface area contributed by atoms with Gasteiger partial charge in [-0.25, -0.2) is 13.1 Å². The SMILES string of the molecule is CCNCc1n[nH]c(C)c1S(=O)(=O)NC(CC)(CC)CC. The first kappa shape index (κ1) is 18.1. The van der Waals surface area contributed by atoms with Gasteiger partial charge in [-0.3, -0.25) is 5.10 Å². The molecule has 0 saturated heterocycles. The van der Waals surface area contributed by atoms with Crippen molar-refractivity contribution in [1.82, 2.24) is 20.2 Å². The molecule has 1 heterocycles. The standard InChI is InChI=1S/C14H28N4O2S/c1-6-14(7-2,8-3)18-21(19,20)13-11(5)16-17-12(13)10-15-9-4/h15,18H,6-10H2,1-5H3,(H,16,17). The van der Waals surface area contributed by atoms with Crippen LogP contribution in [0.5, 0.6) is 0 Å². The van der Waals surface area contributed by atoms with Crippen molar-refractivity contribution in [3.63, 3.8) is 0 Å². The zero-order valence-corrected chi connectivity index (χ0v) is 14.5. The fourth-order valence-electron chi connectivity index (χ4n) is 2.49. The molecule has 122 valence electrons. The highest BCUT2D eigenvalue weighted by molar-refractivity contribution is 7.89. The monoisotopic (exact) mass is 316 g/mol. The predicted molar refractivity (Wildman–Crippen MR) is 84.6 cm³/mol. The average molecular weight is 316 g/mol. The minimum Gasteiger partial charge on any atom is -0.311 e. The van der Waals surface area contributed by atoms with Gasteiger partial charge in [-0.05, 0) is 32.7 Å². The van der Waals surface area contributed by atoms with Gasteiger partial charge in [0.05, 0.1) is 11.4 Å². The Morgan fingerprint density at radius 3 is 2.19 bits per heavy atom. The highest BCUT2D eigenvalue weighted by atomic mass is 32.2. The Morgan fingerprint density at radius 2 is 1.71 bits per heavy atom. The van der Waals surface area contributed by atoms with Crippen molar-refractivity contribution in [2.75, 3.05) is 6.54 Å². The Kier molecular flexibility index (Phi) is 6.37. The van der Waals surface area contributed by atoms with Gasteiger partial charge in [0.1, 0.15) is 4.90 Å². The lowest BCUT2D eigenvalue weighted by atomic mass is 9.91. The van der Waals surface area contributed by atoms with E-state index in [1.54, 1.807) is 6.92 Å². The van der Waals surface area contributed by atoms with Crippen LogP contribution in [0.25, 0.3) is 0 Å². The third kappa shape index (κ3) is 4.05. The molecule has 0 spiro atoms. The first-order valence-corrected chi connectivity index (χ1v) is 9.12. The maximum Gasteiger partial charge on any atom is 0.244 e. The fourth-order valence-corrected chi connectivity index (χ4v) is 4.47. The van der Waals surface area contributed by atoms with Crippen LogP contribution < -0.4 is 10.0 Å². The van der Waals surface area contributed by atoms with Crippen LogP contribution in [-0.2, 0) is 16.6 Å². The number of hydrogen-bond donors (Lipinski definition) is 3. The average Bonchev–Trinajstić information content (AvgIpc) is 2.84. The van der Waals surface area contributed by atoms with Crippen molar-refractivity contribution in [2.24, 2.45) is 0 Å². The van der Waals surface area contributed by atoms with Gasteiger partial charge in [-0.1, -0.05) is 27.7 Å². The Morgan fingerprint density at radius 1 is 1.14 bits per heavy atom. The van der Waals surface area contributed by atoms with Crippen molar-refractivity contribution >= 4 is 10.0 Å². The summed E-state index contributed by atoms with van der Waals surface area (Å²) in [4.78, 5) is 0.281. The summed E-state index contributed by atoms with van der Waals surface area (Å²) in [6.07, 6.45) is 2.29. The van der Waals surface area contributed by atoms with Crippen molar-refractivity contribution in [2.45, 2.75) is 70.9 Å². The first-order valence-electron chi connectivity index (χ1n) is 7.64. The second kappa shape index (κ2) is 7.38. The molecule has 0 radical (unpaired) electrons. The number of hydrogen-bond acceptors (Lipinski definition) is 4. The third-order valence-electron chi connectivity index (χ3n) is 4.15. The van der Waals surface area contributed by atoms with Gasteiger partial charge < -0.3 is 5.32 Å². The van der Waals surface area contributed by atoms with Gasteiger partial charge in [0.25, 0.3) is 0 Å². The molecule has 0 bridgehead atoms. The largest absolute Gasteiger partial charge is 0.311 e. The van der Waals surface area contributed by atoms with E-state index in [2.05, 4.69) is 20.2 Å². The summed E-state index contributed by atoms with van der Waals surface area (Å²) >= 11 is 0. The normalized spacial score (nSPS) is 12.8. The molecule has 0 aliphatic heterocycles. The molecule has 0 aliphatic carbocycles. The van der Waals surface area contributed by atoms with Crippen molar-refractivity contribution in [3.05, 3.63) is 11.4 Å². The lowest BCUT2D eigenvalue weighted by Gasteiger charge is -2.31. The minimum absolute atomic E-state index is 0.281. The van der Waals surface area contributed by atoms with Gasteiger partial charge in [-0.15, -0.1) is 0 Å². The third-order valence-corrected chi connectivity index (χ3v) is 5.93. The fraction of sp³-hybridized carbons (Fsp3) is 0.786. The second-order valence-corrected chi connectivity index (χ2v) is 6.97. The zero-order valence-electron chi connectivity index (χ0n) is 13.7. The molecule has 0 atom stereocenters. The molecule has 1 rings (SSSR count).